The zero-order chi connectivity index (χ0) is 25.8. The Morgan fingerprint density at radius 2 is 1.60 bits per heavy atom. The summed E-state index contributed by atoms with van der Waals surface area (Å²) in [7, 11) is 0. The minimum Gasteiger partial charge on any atom is -0.507 e. The fraction of sp³-hybridized carbons (Fsp3) is 0.400. The topological polar surface area (TPSA) is 182 Å². The molecule has 0 unspecified atom stereocenters. The summed E-state index contributed by atoms with van der Waals surface area (Å²) in [4.78, 5) is 37.6. The monoisotopic (exact) mass is 486 g/mol. The van der Waals surface area contributed by atoms with E-state index >= 15 is 0 Å². The maximum absolute atomic E-state index is 13.3. The minimum absolute atomic E-state index is 0.0308. The lowest BCUT2D eigenvalue weighted by Crippen LogP contribution is -2.44. The van der Waals surface area contributed by atoms with E-state index in [1.807, 2.05) is 0 Å². The Bertz CT molecular complexity index is 1220. The molecule has 0 aromatic heterocycles. The maximum Gasteiger partial charge on any atom is 0.306 e. The molecular formula is C25H26O10. The van der Waals surface area contributed by atoms with Crippen LogP contribution in [0.4, 0.5) is 0 Å². The second-order valence-corrected chi connectivity index (χ2v) is 9.45. The number of carboxylic acid groups (broad SMARTS) is 1. The lowest BCUT2D eigenvalue weighted by atomic mass is 9.79. The van der Waals surface area contributed by atoms with Crippen molar-refractivity contribution in [2.45, 2.75) is 63.1 Å². The molecular weight excluding hydrogens is 460 g/mol. The number of aromatic hydroxyl groups is 2. The van der Waals surface area contributed by atoms with Gasteiger partial charge in [0.05, 0.1) is 41.5 Å². The van der Waals surface area contributed by atoms with Crippen molar-refractivity contribution in [3.8, 4) is 11.5 Å². The molecule has 0 radical (unpaired) electrons. The molecule has 4 rings (SSSR count). The number of phenols is 2. The van der Waals surface area contributed by atoms with Crippen LogP contribution in [0.5, 0.6) is 11.5 Å². The summed E-state index contributed by atoms with van der Waals surface area (Å²) < 4.78 is 5.70. The first-order valence-corrected chi connectivity index (χ1v) is 11.1. The number of aliphatic hydroxyl groups excluding tert-OH is 2. The zero-order valence-electron chi connectivity index (χ0n) is 19.1. The normalized spacial score (nSPS) is 25.5. The summed E-state index contributed by atoms with van der Waals surface area (Å²) in [5.41, 5.74) is -2.28. The first-order chi connectivity index (χ1) is 16.3. The Labute approximate surface area is 200 Å². The van der Waals surface area contributed by atoms with Gasteiger partial charge in [-0.25, -0.2) is 0 Å². The van der Waals surface area contributed by atoms with E-state index in [0.717, 1.165) is 0 Å². The lowest BCUT2D eigenvalue weighted by molar-refractivity contribution is -0.163. The van der Waals surface area contributed by atoms with E-state index in [9.17, 15) is 39.9 Å². The third-order valence-electron chi connectivity index (χ3n) is 6.57. The summed E-state index contributed by atoms with van der Waals surface area (Å²) in [6, 6.07) is 5.33. The number of fused-ring (bicyclic) bond motifs is 2. The van der Waals surface area contributed by atoms with Gasteiger partial charge in [0.2, 0.25) is 0 Å². The van der Waals surface area contributed by atoms with Gasteiger partial charge in [0.25, 0.3) is 0 Å². The van der Waals surface area contributed by atoms with Gasteiger partial charge in [-0.1, -0.05) is 12.1 Å². The van der Waals surface area contributed by atoms with Gasteiger partial charge in [-0.2, -0.15) is 0 Å². The van der Waals surface area contributed by atoms with Crippen LogP contribution in [0.1, 0.15) is 75.8 Å². The average Bonchev–Trinajstić information content (AvgIpc) is 2.75. The van der Waals surface area contributed by atoms with Gasteiger partial charge in [-0.05, 0) is 31.5 Å². The van der Waals surface area contributed by atoms with E-state index in [4.69, 9.17) is 9.84 Å². The molecule has 0 bridgehead atoms. The molecule has 2 aromatic rings. The number of phenolic OH excluding ortho intramolecular Hbond substituents is 2. The van der Waals surface area contributed by atoms with Crippen molar-refractivity contribution in [3.05, 3.63) is 57.6 Å². The highest BCUT2D eigenvalue weighted by molar-refractivity contribution is 6.30. The molecule has 1 saturated heterocycles. The van der Waals surface area contributed by atoms with Crippen molar-refractivity contribution in [1.82, 2.24) is 0 Å². The average molecular weight is 486 g/mol. The molecule has 10 nitrogen and oxygen atoms in total. The minimum atomic E-state index is -1.71. The number of hydrogen-bond acceptors (Lipinski definition) is 9. The van der Waals surface area contributed by atoms with Crippen molar-refractivity contribution < 1.29 is 49.8 Å². The highest BCUT2D eigenvalue weighted by Gasteiger charge is 2.40. The molecule has 0 amide bonds. The molecule has 2 aromatic carbocycles. The molecule has 0 spiro atoms. The summed E-state index contributed by atoms with van der Waals surface area (Å²) >= 11 is 0. The number of carboxylic acids is 1. The van der Waals surface area contributed by atoms with Gasteiger partial charge in [0, 0.05) is 29.5 Å². The van der Waals surface area contributed by atoms with Gasteiger partial charge in [-0.3, -0.25) is 14.4 Å². The maximum atomic E-state index is 13.3. The van der Waals surface area contributed by atoms with Crippen LogP contribution < -0.4 is 0 Å². The molecule has 1 fully saturated rings. The number of carbonyl (C=O) groups excluding carboxylic acids is 2. The van der Waals surface area contributed by atoms with Crippen LogP contribution in [0, 0.1) is 0 Å². The molecule has 186 valence electrons. The quantitative estimate of drug-likeness (QED) is 0.307. The third kappa shape index (κ3) is 4.30. The summed E-state index contributed by atoms with van der Waals surface area (Å²) in [5, 5.41) is 61.1. The predicted octanol–water partition coefficient (Wildman–Crippen LogP) is 1.21. The molecule has 5 atom stereocenters. The van der Waals surface area contributed by atoms with Crippen LogP contribution in [0.2, 0.25) is 0 Å². The smallest absolute Gasteiger partial charge is 0.306 e. The Morgan fingerprint density at radius 3 is 2.17 bits per heavy atom. The van der Waals surface area contributed by atoms with Gasteiger partial charge in [0.15, 0.2) is 11.6 Å². The van der Waals surface area contributed by atoms with Crippen LogP contribution in [0.25, 0.3) is 0 Å². The van der Waals surface area contributed by atoms with Gasteiger partial charge < -0.3 is 35.4 Å². The van der Waals surface area contributed by atoms with Crippen LogP contribution in [0.3, 0.4) is 0 Å². The predicted molar refractivity (Wildman–Crippen MR) is 120 cm³/mol. The van der Waals surface area contributed by atoms with Crippen molar-refractivity contribution in [3.63, 3.8) is 0 Å². The number of aliphatic carboxylic acids is 1. The number of rotatable bonds is 5. The second-order valence-electron chi connectivity index (χ2n) is 9.45. The lowest BCUT2D eigenvalue weighted by Gasteiger charge is -2.36. The number of carbonyl (C=O) groups is 3. The standard InChI is InChI=1S/C25H26O10/c1-10-20(29)15(26)7-16(35-10)12-5-6-14-19(22(12)31)24(33)13-4-3-11(21(30)18(13)23(14)32)8-25(2,34)9-17(27)28/h3-6,10,15-16,20,26,29-31,34H,7-9H2,1-2H3,(H,27,28)/t10-,15-,16-,20-,25-/m0/s1. The van der Waals surface area contributed by atoms with Gasteiger partial charge in [0.1, 0.15) is 17.6 Å². The SMILES string of the molecule is C[C@@H]1O[C@H](c2ccc3c(c2O)C(=O)c2ccc(C[C@](C)(O)CC(=O)O)c(O)c2C3=O)C[C@H](O)[C@H]1O. The fourth-order valence-electron chi connectivity index (χ4n) is 4.82. The molecule has 10 heteroatoms. The van der Waals surface area contributed by atoms with E-state index < -0.39 is 65.5 Å². The molecule has 35 heavy (non-hydrogen) atoms. The molecule has 1 heterocycles. The van der Waals surface area contributed by atoms with Crippen molar-refractivity contribution in [1.29, 1.82) is 0 Å². The van der Waals surface area contributed by atoms with E-state index in [1.165, 1.54) is 31.2 Å². The van der Waals surface area contributed by atoms with Gasteiger partial charge in [-0.15, -0.1) is 0 Å². The Morgan fingerprint density at radius 1 is 1.03 bits per heavy atom. The Kier molecular flexibility index (Phi) is 6.18. The molecule has 1 aliphatic carbocycles. The molecule has 6 N–H and O–H groups in total. The number of aliphatic hydroxyl groups is 3. The Hall–Kier alpha value is -3.31. The molecule has 1 aliphatic heterocycles. The first-order valence-electron chi connectivity index (χ1n) is 11.1. The van der Waals surface area contributed by atoms with Gasteiger partial charge >= 0.3 is 5.97 Å². The van der Waals surface area contributed by atoms with E-state index in [2.05, 4.69) is 0 Å². The van der Waals surface area contributed by atoms with E-state index in [0.29, 0.717) is 0 Å². The Balaban J connectivity index is 1.73. The summed E-state index contributed by atoms with van der Waals surface area (Å²) in [6.07, 6.45) is -4.67. The van der Waals surface area contributed by atoms with Crippen molar-refractivity contribution in [2.75, 3.05) is 0 Å². The van der Waals surface area contributed by atoms with Crippen LogP contribution in [-0.4, -0.2) is 72.1 Å². The fourth-order valence-corrected chi connectivity index (χ4v) is 4.82. The highest BCUT2D eigenvalue weighted by Crippen LogP contribution is 2.43. The molecule has 0 saturated carbocycles. The first kappa shape index (κ1) is 24.8. The van der Waals surface area contributed by atoms with E-state index in [1.54, 1.807) is 6.92 Å². The second kappa shape index (κ2) is 8.72. The largest absolute Gasteiger partial charge is 0.507 e. The van der Waals surface area contributed by atoms with Crippen LogP contribution in [-0.2, 0) is 16.0 Å². The van der Waals surface area contributed by atoms with Crippen LogP contribution in [0.15, 0.2) is 24.3 Å². The van der Waals surface area contributed by atoms with Crippen molar-refractivity contribution >= 4 is 17.5 Å². The summed E-state index contributed by atoms with van der Waals surface area (Å²) in [6.45, 7) is 2.85. The third-order valence-corrected chi connectivity index (χ3v) is 6.57. The number of hydrogen-bond donors (Lipinski definition) is 6. The number of ether oxygens (including phenoxy) is 1. The van der Waals surface area contributed by atoms with E-state index in [-0.39, 0.29) is 46.2 Å². The number of ketones is 2. The summed E-state index contributed by atoms with van der Waals surface area (Å²) in [5.74, 6) is -3.69. The molecule has 2 aliphatic rings. The number of benzene rings is 2. The highest BCUT2D eigenvalue weighted by atomic mass is 16.5. The van der Waals surface area contributed by atoms with Crippen molar-refractivity contribution in [2.24, 2.45) is 0 Å². The zero-order valence-corrected chi connectivity index (χ0v) is 19.1. The van der Waals surface area contributed by atoms with Crippen LogP contribution >= 0.6 is 0 Å².